The van der Waals surface area contributed by atoms with E-state index in [1.54, 1.807) is 0 Å². The molecule has 2 bridgehead atoms. The highest BCUT2D eigenvalue weighted by molar-refractivity contribution is 8.00. The third-order valence-electron chi connectivity index (χ3n) is 3.57. The molecule has 15 heavy (non-hydrogen) atoms. The molecule has 1 aromatic rings. The maximum atomic E-state index is 2.45. The first-order valence-corrected chi connectivity index (χ1v) is 6.70. The number of benzene rings is 1. The van der Waals surface area contributed by atoms with Crippen LogP contribution in [0.5, 0.6) is 0 Å². The zero-order chi connectivity index (χ0) is 10.1. The summed E-state index contributed by atoms with van der Waals surface area (Å²) in [5.74, 6) is 1.84. The number of fused-ring (bicyclic) bond motifs is 2. The van der Waals surface area contributed by atoms with E-state index >= 15 is 0 Å². The van der Waals surface area contributed by atoms with Gasteiger partial charge < -0.3 is 0 Å². The zero-order valence-electron chi connectivity index (χ0n) is 8.80. The molecule has 0 nitrogen and oxygen atoms in total. The lowest BCUT2D eigenvalue weighted by atomic mass is 9.95. The van der Waals surface area contributed by atoms with E-state index in [9.17, 15) is 0 Å². The summed E-state index contributed by atoms with van der Waals surface area (Å²) >= 11 is 2.04. The SMILES string of the molecule is C1=CC(Sc2ccccc2)C2CCC1C2. The molecule has 2 aliphatic carbocycles. The van der Waals surface area contributed by atoms with Crippen LogP contribution in [0.4, 0.5) is 0 Å². The molecule has 1 aromatic carbocycles. The number of rotatable bonds is 2. The maximum absolute atomic E-state index is 2.45. The van der Waals surface area contributed by atoms with Crippen molar-refractivity contribution >= 4 is 11.8 Å². The summed E-state index contributed by atoms with van der Waals surface area (Å²) in [5, 5.41) is 0.728. The molecule has 0 radical (unpaired) electrons. The van der Waals surface area contributed by atoms with Gasteiger partial charge in [0.1, 0.15) is 0 Å². The molecule has 1 saturated carbocycles. The van der Waals surface area contributed by atoms with Gasteiger partial charge >= 0.3 is 0 Å². The van der Waals surface area contributed by atoms with Crippen molar-refractivity contribution in [1.29, 1.82) is 0 Å². The van der Waals surface area contributed by atoms with Crippen LogP contribution in [0.15, 0.2) is 47.4 Å². The summed E-state index contributed by atoms with van der Waals surface area (Å²) in [6, 6.07) is 10.8. The average molecular weight is 216 g/mol. The molecule has 0 amide bonds. The minimum absolute atomic E-state index is 0.728. The van der Waals surface area contributed by atoms with Crippen LogP contribution in [-0.4, -0.2) is 5.25 Å². The molecule has 1 fully saturated rings. The quantitative estimate of drug-likeness (QED) is 0.670. The van der Waals surface area contributed by atoms with Crippen molar-refractivity contribution in [1.82, 2.24) is 0 Å². The van der Waals surface area contributed by atoms with E-state index in [1.807, 2.05) is 11.8 Å². The highest BCUT2D eigenvalue weighted by Crippen LogP contribution is 2.44. The van der Waals surface area contributed by atoms with Gasteiger partial charge in [-0.2, -0.15) is 0 Å². The van der Waals surface area contributed by atoms with Gasteiger partial charge in [0.25, 0.3) is 0 Å². The Morgan fingerprint density at radius 2 is 1.87 bits per heavy atom. The summed E-state index contributed by atoms with van der Waals surface area (Å²) < 4.78 is 0. The van der Waals surface area contributed by atoms with Gasteiger partial charge in [0.2, 0.25) is 0 Å². The van der Waals surface area contributed by atoms with Crippen LogP contribution >= 0.6 is 11.8 Å². The third kappa shape index (κ3) is 1.98. The van der Waals surface area contributed by atoms with Gasteiger partial charge in [0.15, 0.2) is 0 Å². The van der Waals surface area contributed by atoms with Gasteiger partial charge in [-0.1, -0.05) is 30.4 Å². The summed E-state index contributed by atoms with van der Waals surface area (Å²) in [4.78, 5) is 1.41. The van der Waals surface area contributed by atoms with Crippen molar-refractivity contribution in [2.24, 2.45) is 11.8 Å². The molecule has 0 aromatic heterocycles. The maximum Gasteiger partial charge on any atom is 0.0303 e. The lowest BCUT2D eigenvalue weighted by molar-refractivity contribution is 0.530. The van der Waals surface area contributed by atoms with Crippen LogP contribution < -0.4 is 0 Å². The predicted octanol–water partition coefficient (Wildman–Crippen LogP) is 4.13. The van der Waals surface area contributed by atoms with E-state index in [4.69, 9.17) is 0 Å². The molecule has 0 spiro atoms. The van der Waals surface area contributed by atoms with E-state index in [-0.39, 0.29) is 0 Å². The number of hydrogen-bond donors (Lipinski definition) is 0. The molecule has 3 unspecified atom stereocenters. The van der Waals surface area contributed by atoms with Crippen molar-refractivity contribution in [2.45, 2.75) is 29.4 Å². The summed E-state index contributed by atoms with van der Waals surface area (Å²) in [6.07, 6.45) is 9.18. The monoisotopic (exact) mass is 216 g/mol. The smallest absolute Gasteiger partial charge is 0.0303 e. The average Bonchev–Trinajstić information content (AvgIpc) is 2.67. The van der Waals surface area contributed by atoms with E-state index in [0.717, 1.165) is 17.1 Å². The summed E-state index contributed by atoms with van der Waals surface area (Å²) in [7, 11) is 0. The first kappa shape index (κ1) is 9.53. The fraction of sp³-hybridized carbons (Fsp3) is 0.429. The van der Waals surface area contributed by atoms with Crippen molar-refractivity contribution in [3.63, 3.8) is 0 Å². The molecule has 3 atom stereocenters. The Labute approximate surface area is 95.8 Å². The molecule has 0 N–H and O–H groups in total. The Bertz CT molecular complexity index is 355. The van der Waals surface area contributed by atoms with Gasteiger partial charge in [0.05, 0.1) is 0 Å². The van der Waals surface area contributed by atoms with Crippen molar-refractivity contribution in [3.05, 3.63) is 42.5 Å². The lowest BCUT2D eigenvalue weighted by Crippen LogP contribution is -2.15. The Balaban J connectivity index is 1.74. The number of thioether (sulfide) groups is 1. The van der Waals surface area contributed by atoms with Crippen LogP contribution in [0, 0.1) is 11.8 Å². The van der Waals surface area contributed by atoms with E-state index < -0.39 is 0 Å². The Morgan fingerprint density at radius 3 is 2.73 bits per heavy atom. The van der Waals surface area contributed by atoms with Gasteiger partial charge in [-0.3, -0.25) is 0 Å². The van der Waals surface area contributed by atoms with E-state index in [2.05, 4.69) is 42.5 Å². The first-order chi connectivity index (χ1) is 7.42. The fourth-order valence-corrected chi connectivity index (χ4v) is 3.98. The zero-order valence-corrected chi connectivity index (χ0v) is 9.62. The normalized spacial score (nSPS) is 33.2. The highest BCUT2D eigenvalue weighted by Gasteiger charge is 2.32. The molecular formula is C14H16S. The Morgan fingerprint density at radius 1 is 1.00 bits per heavy atom. The summed E-state index contributed by atoms with van der Waals surface area (Å²) in [6.45, 7) is 0. The molecule has 1 heteroatoms. The first-order valence-electron chi connectivity index (χ1n) is 5.82. The van der Waals surface area contributed by atoms with E-state index in [0.29, 0.717) is 0 Å². The van der Waals surface area contributed by atoms with Crippen LogP contribution in [0.2, 0.25) is 0 Å². The predicted molar refractivity (Wildman–Crippen MR) is 66.1 cm³/mol. The second-order valence-corrected chi connectivity index (χ2v) is 5.87. The van der Waals surface area contributed by atoms with Crippen LogP contribution in [0.1, 0.15) is 19.3 Å². The highest BCUT2D eigenvalue weighted by atomic mass is 32.2. The van der Waals surface area contributed by atoms with Gasteiger partial charge in [-0.25, -0.2) is 0 Å². The van der Waals surface area contributed by atoms with Crippen molar-refractivity contribution in [3.8, 4) is 0 Å². The second-order valence-electron chi connectivity index (χ2n) is 4.61. The molecule has 78 valence electrons. The van der Waals surface area contributed by atoms with Gasteiger partial charge in [0, 0.05) is 10.1 Å². The van der Waals surface area contributed by atoms with Crippen LogP contribution in [0.25, 0.3) is 0 Å². The molecule has 0 heterocycles. The van der Waals surface area contributed by atoms with Gasteiger partial charge in [-0.05, 0) is 43.2 Å². The van der Waals surface area contributed by atoms with Crippen LogP contribution in [-0.2, 0) is 0 Å². The standard InChI is InChI=1S/C14H16S/c1-2-4-13(5-3-1)15-14-9-7-11-6-8-12(14)10-11/h1-5,7,9,11-12,14H,6,8,10H2. The molecule has 0 aliphatic heterocycles. The molecule has 0 saturated heterocycles. The molecular weight excluding hydrogens is 200 g/mol. The lowest BCUT2D eigenvalue weighted by Gasteiger charge is -2.23. The van der Waals surface area contributed by atoms with Crippen molar-refractivity contribution in [2.75, 3.05) is 0 Å². The fourth-order valence-electron chi connectivity index (χ4n) is 2.74. The molecule has 2 aliphatic rings. The van der Waals surface area contributed by atoms with Gasteiger partial charge in [-0.15, -0.1) is 11.8 Å². The molecule has 3 rings (SSSR count). The summed E-state index contributed by atoms with van der Waals surface area (Å²) in [5.41, 5.74) is 0. The van der Waals surface area contributed by atoms with E-state index in [1.165, 1.54) is 24.2 Å². The second kappa shape index (κ2) is 4.05. The minimum Gasteiger partial charge on any atom is -0.118 e. The number of allylic oxidation sites excluding steroid dienone is 1. The third-order valence-corrected chi connectivity index (χ3v) is 4.93. The number of hydrogen-bond acceptors (Lipinski definition) is 1. The minimum atomic E-state index is 0.728. The topological polar surface area (TPSA) is 0 Å². The Hall–Kier alpha value is -0.690. The largest absolute Gasteiger partial charge is 0.118 e. The van der Waals surface area contributed by atoms with Crippen molar-refractivity contribution < 1.29 is 0 Å². The van der Waals surface area contributed by atoms with Crippen LogP contribution in [0.3, 0.4) is 0 Å². The Kier molecular flexibility index (Phi) is 2.57.